The third-order valence-corrected chi connectivity index (χ3v) is 2.59. The molecule has 0 spiro atoms. The Morgan fingerprint density at radius 1 is 1.21 bits per heavy atom. The van der Waals surface area contributed by atoms with Gasteiger partial charge in [-0.15, -0.1) is 0 Å². The lowest BCUT2D eigenvalue weighted by Gasteiger charge is -2.24. The topological polar surface area (TPSA) is 64.6 Å². The Kier molecular flexibility index (Phi) is 5.39. The van der Waals surface area contributed by atoms with E-state index in [4.69, 9.17) is 9.47 Å². The van der Waals surface area contributed by atoms with E-state index in [-0.39, 0.29) is 18.1 Å². The van der Waals surface area contributed by atoms with Crippen LogP contribution in [0.5, 0.6) is 0 Å². The van der Waals surface area contributed by atoms with E-state index in [9.17, 15) is 9.59 Å². The maximum Gasteiger partial charge on any atom is 0.407 e. The highest BCUT2D eigenvalue weighted by atomic mass is 16.6. The fourth-order valence-electron chi connectivity index (χ4n) is 1.94. The van der Waals surface area contributed by atoms with Crippen molar-refractivity contribution in [2.45, 2.75) is 64.7 Å². The van der Waals surface area contributed by atoms with Gasteiger partial charge in [0.2, 0.25) is 0 Å². The molecule has 0 saturated carbocycles. The molecule has 1 rings (SSSR count). The second-order valence-electron chi connectivity index (χ2n) is 5.75. The van der Waals surface area contributed by atoms with E-state index in [1.54, 1.807) is 0 Å². The van der Waals surface area contributed by atoms with Crippen molar-refractivity contribution in [3.8, 4) is 0 Å². The number of rotatable bonds is 2. The van der Waals surface area contributed by atoms with Gasteiger partial charge in [0.25, 0.3) is 0 Å². The minimum absolute atomic E-state index is 0.0713. The molecule has 0 aliphatic heterocycles. The Labute approximate surface area is 114 Å². The van der Waals surface area contributed by atoms with Crippen LogP contribution in [0.25, 0.3) is 0 Å². The molecule has 2 atom stereocenters. The molecule has 0 heterocycles. The smallest absolute Gasteiger partial charge is 0.407 e. The predicted molar refractivity (Wildman–Crippen MR) is 71.7 cm³/mol. The van der Waals surface area contributed by atoms with Gasteiger partial charge in [-0.2, -0.15) is 0 Å². The molecule has 0 fully saturated rings. The summed E-state index contributed by atoms with van der Waals surface area (Å²) in [5.74, 6) is -0.295. The van der Waals surface area contributed by atoms with Gasteiger partial charge < -0.3 is 14.8 Å². The molecular weight excluding hydrogens is 246 g/mol. The zero-order valence-electron chi connectivity index (χ0n) is 12.1. The third kappa shape index (κ3) is 6.84. The number of amides is 1. The van der Waals surface area contributed by atoms with Crippen molar-refractivity contribution in [1.29, 1.82) is 0 Å². The molecule has 1 amide bonds. The number of esters is 1. The number of carbonyl (C=O) groups excluding carboxylic acids is 2. The largest absolute Gasteiger partial charge is 0.462 e. The summed E-state index contributed by atoms with van der Waals surface area (Å²) >= 11 is 0. The molecular formula is C14H23NO4. The van der Waals surface area contributed by atoms with Crippen LogP contribution in [-0.2, 0) is 14.3 Å². The van der Waals surface area contributed by atoms with Crippen LogP contribution in [-0.4, -0.2) is 29.8 Å². The van der Waals surface area contributed by atoms with Gasteiger partial charge in [0, 0.05) is 25.8 Å². The second kappa shape index (κ2) is 6.59. The van der Waals surface area contributed by atoms with E-state index < -0.39 is 11.7 Å². The predicted octanol–water partition coefficient (Wildman–Crippen LogP) is 2.55. The average molecular weight is 269 g/mol. The van der Waals surface area contributed by atoms with Gasteiger partial charge in [0.15, 0.2) is 0 Å². The number of hydrogen-bond donors (Lipinski definition) is 1. The summed E-state index contributed by atoms with van der Waals surface area (Å²) in [6.07, 6.45) is 5.36. The van der Waals surface area contributed by atoms with Gasteiger partial charge >= 0.3 is 12.1 Å². The van der Waals surface area contributed by atoms with Crippen LogP contribution < -0.4 is 5.32 Å². The van der Waals surface area contributed by atoms with Crippen LogP contribution in [0.1, 0.15) is 47.0 Å². The lowest BCUT2D eigenvalue weighted by atomic mass is 10.1. The molecule has 108 valence electrons. The molecule has 0 aromatic heterocycles. The van der Waals surface area contributed by atoms with Crippen LogP contribution in [0.3, 0.4) is 0 Å². The monoisotopic (exact) mass is 269 g/mol. The Bertz CT molecular complexity index is 357. The van der Waals surface area contributed by atoms with Gasteiger partial charge in [-0.1, -0.05) is 12.2 Å². The molecule has 5 heteroatoms. The van der Waals surface area contributed by atoms with Gasteiger partial charge in [0.05, 0.1) is 0 Å². The quantitative estimate of drug-likeness (QED) is 0.618. The fraction of sp³-hybridized carbons (Fsp3) is 0.714. The maximum absolute atomic E-state index is 11.7. The Hall–Kier alpha value is -1.52. The minimum Gasteiger partial charge on any atom is -0.462 e. The van der Waals surface area contributed by atoms with Crippen LogP contribution >= 0.6 is 0 Å². The van der Waals surface area contributed by atoms with E-state index in [0.717, 1.165) is 6.42 Å². The Morgan fingerprint density at radius 2 is 1.84 bits per heavy atom. The summed E-state index contributed by atoms with van der Waals surface area (Å²) in [6.45, 7) is 6.86. The molecule has 0 radical (unpaired) electrons. The van der Waals surface area contributed by atoms with Crippen LogP contribution in [0, 0.1) is 0 Å². The van der Waals surface area contributed by atoms with Gasteiger partial charge in [-0.05, 0) is 27.2 Å². The summed E-state index contributed by atoms with van der Waals surface area (Å²) in [5.41, 5.74) is -0.514. The molecule has 1 aliphatic carbocycles. The number of ether oxygens (including phenoxy) is 2. The van der Waals surface area contributed by atoms with Crippen molar-refractivity contribution in [3.05, 3.63) is 12.2 Å². The van der Waals surface area contributed by atoms with Gasteiger partial charge in [0.1, 0.15) is 11.7 Å². The zero-order chi connectivity index (χ0) is 14.5. The molecule has 19 heavy (non-hydrogen) atoms. The van der Waals surface area contributed by atoms with Crippen molar-refractivity contribution in [2.75, 3.05) is 0 Å². The molecule has 0 saturated heterocycles. The van der Waals surface area contributed by atoms with E-state index >= 15 is 0 Å². The highest BCUT2D eigenvalue weighted by molar-refractivity contribution is 5.68. The molecule has 1 N–H and O–H groups in total. The van der Waals surface area contributed by atoms with Crippen molar-refractivity contribution in [2.24, 2.45) is 0 Å². The zero-order valence-corrected chi connectivity index (χ0v) is 12.1. The highest BCUT2D eigenvalue weighted by Crippen LogP contribution is 2.16. The van der Waals surface area contributed by atoms with E-state index in [0.29, 0.717) is 12.8 Å². The SMILES string of the molecule is CC(=O)O[C@H]1CC=CC[C@H](NC(=O)OC(C)(C)C)C1. The second-order valence-corrected chi connectivity index (χ2v) is 5.75. The first kappa shape index (κ1) is 15.5. The first-order valence-corrected chi connectivity index (χ1v) is 6.58. The van der Waals surface area contributed by atoms with Gasteiger partial charge in [-0.25, -0.2) is 4.79 Å². The van der Waals surface area contributed by atoms with Crippen LogP contribution in [0.15, 0.2) is 12.2 Å². The molecule has 5 nitrogen and oxygen atoms in total. The van der Waals surface area contributed by atoms with Crippen LogP contribution in [0.2, 0.25) is 0 Å². The highest BCUT2D eigenvalue weighted by Gasteiger charge is 2.23. The average Bonchev–Trinajstić information content (AvgIpc) is 2.39. The molecule has 0 bridgehead atoms. The number of nitrogens with one attached hydrogen (secondary N) is 1. The summed E-state index contributed by atoms with van der Waals surface area (Å²) in [6, 6.07) is -0.0713. The summed E-state index contributed by atoms with van der Waals surface area (Å²) in [7, 11) is 0. The molecule has 0 aromatic carbocycles. The van der Waals surface area contributed by atoms with Crippen LogP contribution in [0.4, 0.5) is 4.79 Å². The van der Waals surface area contributed by atoms with Crippen molar-refractivity contribution in [1.82, 2.24) is 5.32 Å². The van der Waals surface area contributed by atoms with E-state index in [1.165, 1.54) is 6.92 Å². The third-order valence-electron chi connectivity index (χ3n) is 2.59. The summed E-state index contributed by atoms with van der Waals surface area (Å²) in [5, 5.41) is 2.81. The van der Waals surface area contributed by atoms with Gasteiger partial charge in [-0.3, -0.25) is 4.79 Å². The number of hydrogen-bond acceptors (Lipinski definition) is 4. The molecule has 0 aromatic rings. The Balaban J connectivity index is 2.50. The number of alkyl carbamates (subject to hydrolysis) is 1. The normalized spacial score (nSPS) is 23.4. The Morgan fingerprint density at radius 3 is 2.42 bits per heavy atom. The lowest BCUT2D eigenvalue weighted by molar-refractivity contribution is -0.146. The number of carbonyl (C=O) groups is 2. The van der Waals surface area contributed by atoms with Crippen molar-refractivity contribution < 1.29 is 19.1 Å². The van der Waals surface area contributed by atoms with E-state index in [1.807, 2.05) is 32.9 Å². The molecule has 1 aliphatic rings. The first-order valence-electron chi connectivity index (χ1n) is 6.58. The van der Waals surface area contributed by atoms with E-state index in [2.05, 4.69) is 5.32 Å². The molecule has 0 unspecified atom stereocenters. The van der Waals surface area contributed by atoms with Crippen molar-refractivity contribution in [3.63, 3.8) is 0 Å². The lowest BCUT2D eigenvalue weighted by Crippen LogP contribution is -2.40. The maximum atomic E-state index is 11.7. The fourth-order valence-corrected chi connectivity index (χ4v) is 1.94. The van der Waals surface area contributed by atoms with Crippen molar-refractivity contribution >= 4 is 12.1 Å². The first-order chi connectivity index (χ1) is 8.76. The summed E-state index contributed by atoms with van der Waals surface area (Å²) in [4.78, 5) is 22.7. The standard InChI is InChI=1S/C14H23NO4/c1-10(16)18-12-8-6-5-7-11(9-12)15-13(17)19-14(2,3)4/h5-6,11-12H,7-9H2,1-4H3,(H,15,17)/t11-,12-/m0/s1. The summed E-state index contributed by atoms with van der Waals surface area (Å²) < 4.78 is 10.4. The minimum atomic E-state index is -0.514.